The molecule has 0 spiro atoms. The van der Waals surface area contributed by atoms with E-state index in [1.54, 1.807) is 0 Å². The zero-order valence-electron chi connectivity index (χ0n) is 14.8. The molecule has 1 atom stereocenters. The second-order valence-corrected chi connectivity index (χ2v) is 7.58. The second kappa shape index (κ2) is 9.26. The zero-order chi connectivity index (χ0) is 17.8. The lowest BCUT2D eigenvalue weighted by Gasteiger charge is -2.22. The molecule has 1 aromatic heterocycles. The molecule has 0 saturated carbocycles. The van der Waals surface area contributed by atoms with Crippen LogP contribution < -0.4 is 10.6 Å². The van der Waals surface area contributed by atoms with Gasteiger partial charge in [0, 0.05) is 48.7 Å². The van der Waals surface area contributed by atoms with Crippen molar-refractivity contribution in [3.05, 3.63) is 60.0 Å². The van der Waals surface area contributed by atoms with Gasteiger partial charge in [-0.2, -0.15) is 11.8 Å². The summed E-state index contributed by atoms with van der Waals surface area (Å²) in [6.45, 7) is 0.969. The fourth-order valence-corrected chi connectivity index (χ4v) is 4.03. The quantitative estimate of drug-likeness (QED) is 0.676. The number of thioether (sulfide) groups is 1. The van der Waals surface area contributed by atoms with E-state index in [1.807, 2.05) is 48.2 Å². The van der Waals surface area contributed by atoms with E-state index in [0.29, 0.717) is 24.3 Å². The first kappa shape index (κ1) is 19.7. The van der Waals surface area contributed by atoms with Gasteiger partial charge < -0.3 is 15.1 Å². The van der Waals surface area contributed by atoms with Crippen LogP contribution in [0.15, 0.2) is 52.9 Å². The molecule has 142 valence electrons. The van der Waals surface area contributed by atoms with Crippen molar-refractivity contribution in [2.45, 2.75) is 18.9 Å². The van der Waals surface area contributed by atoms with Crippen molar-refractivity contribution in [3.63, 3.8) is 0 Å². The fourth-order valence-electron chi connectivity index (χ4n) is 3.08. The minimum absolute atomic E-state index is 0. The summed E-state index contributed by atoms with van der Waals surface area (Å²) in [6, 6.07) is 16.0. The standard InChI is InChI=1S/C20H21N3O2S.ClH/c24-19(12-16-13-26-9-8-21-16)22-15-6-7-17-18(11-15)25-20(23-17)10-14-4-2-1-3-5-14;/h1-7,11,16,21H,8-10,12-13H2,(H,22,24);1H. The lowest BCUT2D eigenvalue weighted by molar-refractivity contribution is -0.116. The Bertz CT molecular complexity index is 895. The summed E-state index contributed by atoms with van der Waals surface area (Å²) in [7, 11) is 0. The van der Waals surface area contributed by atoms with E-state index in [1.165, 1.54) is 0 Å². The Labute approximate surface area is 168 Å². The molecule has 1 unspecified atom stereocenters. The Kier molecular flexibility index (Phi) is 6.77. The summed E-state index contributed by atoms with van der Waals surface area (Å²) in [5.74, 6) is 2.80. The normalized spacial score (nSPS) is 16.7. The average Bonchev–Trinajstić information content (AvgIpc) is 3.05. The number of carbonyl (C=O) groups is 1. The van der Waals surface area contributed by atoms with Gasteiger partial charge in [-0.15, -0.1) is 12.4 Å². The van der Waals surface area contributed by atoms with Gasteiger partial charge in [-0.25, -0.2) is 4.98 Å². The van der Waals surface area contributed by atoms with Gasteiger partial charge in [0.1, 0.15) is 5.52 Å². The number of nitrogens with one attached hydrogen (secondary N) is 2. The molecule has 2 N–H and O–H groups in total. The molecule has 1 fully saturated rings. The number of benzene rings is 2. The molecule has 2 aromatic carbocycles. The zero-order valence-corrected chi connectivity index (χ0v) is 16.4. The van der Waals surface area contributed by atoms with Crippen LogP contribution >= 0.6 is 24.2 Å². The Hall–Kier alpha value is -2.02. The second-order valence-electron chi connectivity index (χ2n) is 6.43. The molecule has 1 aliphatic heterocycles. The molecule has 1 aliphatic rings. The monoisotopic (exact) mass is 403 g/mol. The number of rotatable bonds is 5. The van der Waals surface area contributed by atoms with Crippen LogP contribution in [0.3, 0.4) is 0 Å². The van der Waals surface area contributed by atoms with Crippen LogP contribution in [0.5, 0.6) is 0 Å². The predicted octanol–water partition coefficient (Wildman–Crippen LogP) is 3.87. The van der Waals surface area contributed by atoms with Gasteiger partial charge in [-0.05, 0) is 17.7 Å². The summed E-state index contributed by atoms with van der Waals surface area (Å²) in [5.41, 5.74) is 3.40. The van der Waals surface area contributed by atoms with Crippen LogP contribution in [0.25, 0.3) is 11.1 Å². The number of fused-ring (bicyclic) bond motifs is 1. The number of aromatic nitrogens is 1. The Morgan fingerprint density at radius 3 is 2.89 bits per heavy atom. The Morgan fingerprint density at radius 1 is 1.26 bits per heavy atom. The minimum atomic E-state index is 0. The third-order valence-electron chi connectivity index (χ3n) is 4.34. The summed E-state index contributed by atoms with van der Waals surface area (Å²) >= 11 is 1.89. The van der Waals surface area contributed by atoms with E-state index in [0.717, 1.165) is 34.8 Å². The van der Waals surface area contributed by atoms with Gasteiger partial charge in [0.25, 0.3) is 0 Å². The molecular formula is C20H22ClN3O2S. The van der Waals surface area contributed by atoms with E-state index in [-0.39, 0.29) is 24.4 Å². The third-order valence-corrected chi connectivity index (χ3v) is 5.48. The van der Waals surface area contributed by atoms with Crippen molar-refractivity contribution in [2.24, 2.45) is 0 Å². The van der Waals surface area contributed by atoms with Gasteiger partial charge in [0.2, 0.25) is 5.91 Å². The highest BCUT2D eigenvalue weighted by Crippen LogP contribution is 2.22. The molecule has 2 heterocycles. The number of hydrogen-bond donors (Lipinski definition) is 2. The molecule has 7 heteroatoms. The lowest BCUT2D eigenvalue weighted by Crippen LogP contribution is -2.39. The van der Waals surface area contributed by atoms with Gasteiger partial charge in [-0.3, -0.25) is 4.79 Å². The number of anilines is 1. The molecule has 1 amide bonds. The molecule has 0 aliphatic carbocycles. The lowest BCUT2D eigenvalue weighted by atomic mass is 10.1. The first-order valence-electron chi connectivity index (χ1n) is 8.81. The minimum Gasteiger partial charge on any atom is -0.440 e. The number of oxazole rings is 1. The molecule has 4 rings (SSSR count). The summed E-state index contributed by atoms with van der Waals surface area (Å²) in [4.78, 5) is 16.8. The maximum atomic E-state index is 12.3. The first-order chi connectivity index (χ1) is 12.8. The van der Waals surface area contributed by atoms with E-state index in [4.69, 9.17) is 4.42 Å². The number of amides is 1. The highest BCUT2D eigenvalue weighted by Gasteiger charge is 2.17. The molecule has 0 radical (unpaired) electrons. The van der Waals surface area contributed by atoms with Crippen LogP contribution in [0.2, 0.25) is 0 Å². The van der Waals surface area contributed by atoms with E-state index in [2.05, 4.69) is 27.8 Å². The Balaban J connectivity index is 0.00000210. The van der Waals surface area contributed by atoms with E-state index < -0.39 is 0 Å². The summed E-state index contributed by atoms with van der Waals surface area (Å²) in [5, 5.41) is 6.35. The van der Waals surface area contributed by atoms with Gasteiger partial charge in [-0.1, -0.05) is 30.3 Å². The van der Waals surface area contributed by atoms with Gasteiger partial charge in [0.05, 0.1) is 0 Å². The van der Waals surface area contributed by atoms with Crippen LogP contribution in [-0.2, 0) is 11.2 Å². The first-order valence-corrected chi connectivity index (χ1v) is 9.96. The van der Waals surface area contributed by atoms with Crippen LogP contribution in [0.1, 0.15) is 17.9 Å². The van der Waals surface area contributed by atoms with E-state index in [9.17, 15) is 4.79 Å². The van der Waals surface area contributed by atoms with Crippen molar-refractivity contribution in [1.82, 2.24) is 10.3 Å². The molecule has 1 saturated heterocycles. The van der Waals surface area contributed by atoms with Crippen LogP contribution in [0, 0.1) is 0 Å². The largest absolute Gasteiger partial charge is 0.440 e. The summed E-state index contributed by atoms with van der Waals surface area (Å²) < 4.78 is 5.87. The highest BCUT2D eigenvalue weighted by molar-refractivity contribution is 7.99. The van der Waals surface area contributed by atoms with Crippen molar-refractivity contribution >= 4 is 46.9 Å². The molecule has 3 aromatic rings. The maximum Gasteiger partial charge on any atom is 0.225 e. The molecular weight excluding hydrogens is 382 g/mol. The SMILES string of the molecule is Cl.O=C(CC1CSCCN1)Nc1ccc2nc(Cc3ccccc3)oc2c1. The fraction of sp³-hybridized carbons (Fsp3) is 0.300. The van der Waals surface area contributed by atoms with Crippen molar-refractivity contribution in [1.29, 1.82) is 0 Å². The van der Waals surface area contributed by atoms with E-state index >= 15 is 0 Å². The maximum absolute atomic E-state index is 12.3. The average molecular weight is 404 g/mol. The predicted molar refractivity (Wildman–Crippen MR) is 113 cm³/mol. The van der Waals surface area contributed by atoms with Crippen LogP contribution in [-0.4, -0.2) is 35.0 Å². The van der Waals surface area contributed by atoms with Gasteiger partial charge in [0.15, 0.2) is 11.5 Å². The van der Waals surface area contributed by atoms with Crippen molar-refractivity contribution < 1.29 is 9.21 Å². The number of nitrogens with zero attached hydrogens (tertiary/aromatic N) is 1. The topological polar surface area (TPSA) is 67.2 Å². The molecule has 5 nitrogen and oxygen atoms in total. The van der Waals surface area contributed by atoms with Crippen molar-refractivity contribution in [2.75, 3.05) is 23.4 Å². The number of halogens is 1. The summed E-state index contributed by atoms with van der Waals surface area (Å²) in [6.07, 6.45) is 1.14. The Morgan fingerprint density at radius 2 is 2.11 bits per heavy atom. The van der Waals surface area contributed by atoms with Crippen LogP contribution in [0.4, 0.5) is 5.69 Å². The van der Waals surface area contributed by atoms with Crippen molar-refractivity contribution in [3.8, 4) is 0 Å². The highest BCUT2D eigenvalue weighted by atomic mass is 35.5. The van der Waals surface area contributed by atoms with Gasteiger partial charge >= 0.3 is 0 Å². The smallest absolute Gasteiger partial charge is 0.225 e. The number of hydrogen-bond acceptors (Lipinski definition) is 5. The molecule has 0 bridgehead atoms. The third kappa shape index (κ3) is 5.25. The molecule has 27 heavy (non-hydrogen) atoms. The number of carbonyl (C=O) groups excluding carboxylic acids is 1.